The maximum absolute atomic E-state index is 13.0. The van der Waals surface area contributed by atoms with Crippen molar-refractivity contribution in [2.24, 2.45) is 5.92 Å². The number of rotatable bonds is 3. The predicted octanol–water partition coefficient (Wildman–Crippen LogP) is 3.93. The molecule has 0 radical (unpaired) electrons. The fraction of sp³-hybridized carbons (Fsp3) is 0.650. The van der Waals surface area contributed by atoms with Crippen molar-refractivity contribution < 1.29 is 13.9 Å². The van der Waals surface area contributed by atoms with Crippen LogP contribution >= 0.6 is 0 Å². The molecule has 1 aromatic rings. The monoisotopic (exact) mass is 331 g/mol. The van der Waals surface area contributed by atoms with Gasteiger partial charge in [-0.3, -0.25) is 4.79 Å². The lowest BCUT2D eigenvalue weighted by molar-refractivity contribution is -0.129. The Kier molecular flexibility index (Phi) is 4.33. The summed E-state index contributed by atoms with van der Waals surface area (Å²) in [6.07, 6.45) is 8.84. The molecule has 3 aliphatic rings. The number of amides is 1. The number of nitrogens with one attached hydrogen (secondary N) is 1. The highest BCUT2D eigenvalue weighted by Gasteiger charge is 2.45. The topological polar surface area (TPSA) is 38.3 Å². The normalized spacial score (nSPS) is 31.6. The van der Waals surface area contributed by atoms with Crippen LogP contribution in [0.25, 0.3) is 0 Å². The van der Waals surface area contributed by atoms with Crippen LogP contribution < -0.4 is 5.32 Å². The second kappa shape index (κ2) is 6.47. The minimum Gasteiger partial charge on any atom is -0.375 e. The zero-order chi connectivity index (χ0) is 16.6. The highest BCUT2D eigenvalue weighted by molar-refractivity contribution is 5.83. The maximum atomic E-state index is 13.0. The third-order valence-corrected chi connectivity index (χ3v) is 6.03. The van der Waals surface area contributed by atoms with Crippen LogP contribution in [0.15, 0.2) is 24.3 Å². The standard InChI is InChI=1S/C20H26FNO2/c21-15-6-4-14(5-7-15)17-12-18(17)19(23)22-16-8-11-24-20(13-16)9-2-1-3-10-20/h4-7,16-18H,1-3,8-13H2,(H,22,23). The molecule has 1 saturated heterocycles. The minimum atomic E-state index is -0.222. The molecule has 1 N–H and O–H groups in total. The van der Waals surface area contributed by atoms with Gasteiger partial charge >= 0.3 is 0 Å². The fourth-order valence-electron chi connectivity index (χ4n) is 4.57. The number of hydrogen-bond acceptors (Lipinski definition) is 2. The zero-order valence-corrected chi connectivity index (χ0v) is 14.1. The summed E-state index contributed by atoms with van der Waals surface area (Å²) in [7, 11) is 0. The molecule has 1 amide bonds. The Balaban J connectivity index is 1.32. The molecule has 4 rings (SSSR count). The third kappa shape index (κ3) is 3.34. The Morgan fingerprint density at radius 2 is 1.92 bits per heavy atom. The van der Waals surface area contributed by atoms with Gasteiger partial charge in [0.1, 0.15) is 5.82 Å². The van der Waals surface area contributed by atoms with E-state index in [-0.39, 0.29) is 35.2 Å². The van der Waals surface area contributed by atoms with Gasteiger partial charge in [-0.15, -0.1) is 0 Å². The molecule has 2 saturated carbocycles. The number of halogens is 1. The first kappa shape index (κ1) is 16.1. The van der Waals surface area contributed by atoms with Gasteiger partial charge in [-0.1, -0.05) is 31.4 Å². The Hall–Kier alpha value is -1.42. The van der Waals surface area contributed by atoms with Gasteiger partial charge < -0.3 is 10.1 Å². The van der Waals surface area contributed by atoms with Crippen molar-refractivity contribution in [1.29, 1.82) is 0 Å². The van der Waals surface area contributed by atoms with Crippen LogP contribution in [0.2, 0.25) is 0 Å². The molecule has 3 fully saturated rings. The number of ether oxygens (including phenoxy) is 1. The third-order valence-electron chi connectivity index (χ3n) is 6.03. The van der Waals surface area contributed by atoms with E-state index >= 15 is 0 Å². The quantitative estimate of drug-likeness (QED) is 0.911. The van der Waals surface area contributed by atoms with Crippen molar-refractivity contribution in [2.75, 3.05) is 6.61 Å². The SMILES string of the molecule is O=C(NC1CCOC2(CCCCC2)C1)C1CC1c1ccc(F)cc1. The summed E-state index contributed by atoms with van der Waals surface area (Å²) < 4.78 is 19.1. The molecule has 24 heavy (non-hydrogen) atoms. The molecule has 1 heterocycles. The molecule has 1 aromatic carbocycles. The second-order valence-electron chi connectivity index (χ2n) is 7.79. The molecule has 130 valence electrons. The first-order valence-electron chi connectivity index (χ1n) is 9.35. The van der Waals surface area contributed by atoms with E-state index in [2.05, 4.69) is 5.32 Å². The number of carbonyl (C=O) groups is 1. The maximum Gasteiger partial charge on any atom is 0.223 e. The molecular formula is C20H26FNO2. The molecular weight excluding hydrogens is 305 g/mol. The van der Waals surface area contributed by atoms with Gasteiger partial charge in [0.05, 0.1) is 5.60 Å². The van der Waals surface area contributed by atoms with Crippen LogP contribution in [0.1, 0.15) is 62.8 Å². The van der Waals surface area contributed by atoms with Gasteiger partial charge in [-0.2, -0.15) is 0 Å². The summed E-state index contributed by atoms with van der Waals surface area (Å²) in [6.45, 7) is 0.761. The lowest BCUT2D eigenvalue weighted by Crippen LogP contribution is -2.49. The average molecular weight is 331 g/mol. The number of benzene rings is 1. The van der Waals surface area contributed by atoms with Crippen molar-refractivity contribution in [3.63, 3.8) is 0 Å². The first-order valence-corrected chi connectivity index (χ1v) is 9.35. The highest BCUT2D eigenvalue weighted by atomic mass is 19.1. The average Bonchev–Trinajstić information content (AvgIpc) is 3.37. The van der Waals surface area contributed by atoms with Crippen LogP contribution in [-0.2, 0) is 9.53 Å². The Morgan fingerprint density at radius 3 is 2.67 bits per heavy atom. The lowest BCUT2D eigenvalue weighted by atomic mass is 9.78. The van der Waals surface area contributed by atoms with Crippen LogP contribution in [0.3, 0.4) is 0 Å². The van der Waals surface area contributed by atoms with Crippen molar-refractivity contribution >= 4 is 5.91 Å². The van der Waals surface area contributed by atoms with Crippen molar-refractivity contribution in [2.45, 2.75) is 68.9 Å². The summed E-state index contributed by atoms with van der Waals surface area (Å²) in [4.78, 5) is 12.6. The van der Waals surface area contributed by atoms with Gasteiger partial charge in [0.25, 0.3) is 0 Å². The van der Waals surface area contributed by atoms with E-state index in [0.29, 0.717) is 0 Å². The molecule has 3 nitrogen and oxygen atoms in total. The number of carbonyl (C=O) groups excluding carboxylic acids is 1. The van der Waals surface area contributed by atoms with Gasteiger partial charge in [0.15, 0.2) is 0 Å². The molecule has 3 atom stereocenters. The smallest absolute Gasteiger partial charge is 0.223 e. The Bertz CT molecular complexity index is 589. The first-order chi connectivity index (χ1) is 11.7. The highest BCUT2D eigenvalue weighted by Crippen LogP contribution is 2.48. The molecule has 1 aliphatic heterocycles. The van der Waals surface area contributed by atoms with Gasteiger partial charge in [-0.05, 0) is 55.7 Å². The van der Waals surface area contributed by atoms with Crippen molar-refractivity contribution in [3.8, 4) is 0 Å². The van der Waals surface area contributed by atoms with E-state index in [0.717, 1.165) is 44.3 Å². The van der Waals surface area contributed by atoms with Gasteiger partial charge in [0.2, 0.25) is 5.91 Å². The van der Waals surface area contributed by atoms with Gasteiger partial charge in [-0.25, -0.2) is 4.39 Å². The van der Waals surface area contributed by atoms with Crippen LogP contribution in [-0.4, -0.2) is 24.2 Å². The van der Waals surface area contributed by atoms with Crippen LogP contribution in [0, 0.1) is 11.7 Å². The predicted molar refractivity (Wildman–Crippen MR) is 90.2 cm³/mol. The largest absolute Gasteiger partial charge is 0.375 e. The molecule has 1 spiro atoms. The van der Waals surface area contributed by atoms with E-state index in [1.54, 1.807) is 12.1 Å². The second-order valence-corrected chi connectivity index (χ2v) is 7.79. The van der Waals surface area contributed by atoms with E-state index in [1.807, 2.05) is 0 Å². The van der Waals surface area contributed by atoms with E-state index in [4.69, 9.17) is 4.74 Å². The Morgan fingerprint density at radius 1 is 1.17 bits per heavy atom. The molecule has 0 aromatic heterocycles. The summed E-state index contributed by atoms with van der Waals surface area (Å²) >= 11 is 0. The van der Waals surface area contributed by atoms with Crippen LogP contribution in [0.5, 0.6) is 0 Å². The van der Waals surface area contributed by atoms with Crippen molar-refractivity contribution in [3.05, 3.63) is 35.6 Å². The molecule has 4 heteroatoms. The summed E-state index contributed by atoms with van der Waals surface area (Å²) in [5.41, 5.74) is 1.10. The zero-order valence-electron chi connectivity index (χ0n) is 14.1. The fourth-order valence-corrected chi connectivity index (χ4v) is 4.57. The van der Waals surface area contributed by atoms with E-state index in [1.165, 1.54) is 31.4 Å². The Labute approximate surface area is 143 Å². The summed E-state index contributed by atoms with van der Waals surface area (Å²) in [6, 6.07) is 6.82. The minimum absolute atomic E-state index is 0.0222. The molecule has 0 bridgehead atoms. The van der Waals surface area contributed by atoms with E-state index < -0.39 is 0 Å². The summed E-state index contributed by atoms with van der Waals surface area (Å²) in [5.74, 6) is 0.261. The molecule has 3 unspecified atom stereocenters. The van der Waals surface area contributed by atoms with Gasteiger partial charge in [0, 0.05) is 18.6 Å². The molecule has 2 aliphatic carbocycles. The van der Waals surface area contributed by atoms with Crippen molar-refractivity contribution in [1.82, 2.24) is 5.32 Å². The van der Waals surface area contributed by atoms with Crippen LogP contribution in [0.4, 0.5) is 4.39 Å². The van der Waals surface area contributed by atoms with E-state index in [9.17, 15) is 9.18 Å². The number of hydrogen-bond donors (Lipinski definition) is 1. The lowest BCUT2D eigenvalue weighted by Gasteiger charge is -2.43. The summed E-state index contributed by atoms with van der Waals surface area (Å²) in [5, 5.41) is 3.27.